The fraction of sp³-hybridized carbons (Fsp3) is 0.625. The average molecular weight is 165 g/mol. The maximum atomic E-state index is 10.7. The smallest absolute Gasteiger partial charge is 0.333 e. The van der Waals surface area contributed by atoms with Crippen molar-refractivity contribution in [2.75, 3.05) is 6.61 Å². The molecule has 11 heavy (non-hydrogen) atoms. The van der Waals surface area contributed by atoms with Crippen LogP contribution in [0.5, 0.6) is 0 Å². The molecule has 0 saturated carbocycles. The van der Waals surface area contributed by atoms with Gasteiger partial charge in [0.05, 0.1) is 6.61 Å². The fourth-order valence-electron chi connectivity index (χ4n) is 0.432. The zero-order valence-electron chi connectivity index (χ0n) is 7.64. The van der Waals surface area contributed by atoms with Crippen LogP contribution in [0.25, 0.3) is 0 Å². The van der Waals surface area contributed by atoms with Crippen molar-refractivity contribution < 1.29 is 9.53 Å². The number of esters is 1. The summed E-state index contributed by atoms with van der Waals surface area (Å²) in [5.41, 5.74) is 0.469. The first kappa shape index (κ1) is 13.8. The Hall–Kier alpha value is 0.210. The Balaban J connectivity index is 0. The van der Waals surface area contributed by atoms with Gasteiger partial charge in [0.25, 0.3) is 0 Å². The summed E-state index contributed by atoms with van der Waals surface area (Å²) in [6.45, 7) is 7.67. The summed E-state index contributed by atoms with van der Waals surface area (Å²) < 4.78 is 4.81. The van der Waals surface area contributed by atoms with E-state index >= 15 is 0 Å². The summed E-state index contributed by atoms with van der Waals surface area (Å²) in [5, 5.41) is 0. The van der Waals surface area contributed by atoms with Crippen molar-refractivity contribution in [1.82, 2.24) is 0 Å². The van der Waals surface area contributed by atoms with Gasteiger partial charge in [-0.25, -0.2) is 4.79 Å². The van der Waals surface area contributed by atoms with Gasteiger partial charge >= 0.3 is 5.97 Å². The van der Waals surface area contributed by atoms with Crippen LogP contribution < -0.4 is 0 Å². The molecule has 0 aromatic rings. The van der Waals surface area contributed by atoms with E-state index in [9.17, 15) is 4.79 Å². The molecule has 0 atom stereocenters. The van der Waals surface area contributed by atoms with Crippen LogP contribution in [0.3, 0.4) is 0 Å². The largest absolute Gasteiger partial charge is 0.462 e. The van der Waals surface area contributed by atoms with E-state index in [1.165, 1.54) is 0 Å². The number of ether oxygens (including phenoxy) is 1. The SMILES string of the molecule is C=C(C)C(=O)OCCCC.[Na]. The number of rotatable bonds is 4. The van der Waals surface area contributed by atoms with Gasteiger partial charge in [0.2, 0.25) is 0 Å². The molecule has 0 aromatic carbocycles. The Kier molecular flexibility index (Phi) is 10.4. The van der Waals surface area contributed by atoms with Gasteiger partial charge < -0.3 is 4.74 Å². The molecule has 0 N–H and O–H groups in total. The first-order valence-corrected chi connectivity index (χ1v) is 3.51. The molecule has 0 unspecified atom stereocenters. The zero-order valence-corrected chi connectivity index (χ0v) is 9.64. The van der Waals surface area contributed by atoms with Crippen LogP contribution in [0.1, 0.15) is 26.7 Å². The number of carbonyl (C=O) groups is 1. The monoisotopic (exact) mass is 165 g/mol. The standard InChI is InChI=1S/C8H14O2.Na/c1-4-5-6-10-8(9)7(2)3;/h2,4-6H2,1,3H3;. The minimum absolute atomic E-state index is 0. The number of hydrogen-bond acceptors (Lipinski definition) is 2. The topological polar surface area (TPSA) is 26.3 Å². The second-order valence-electron chi connectivity index (χ2n) is 2.27. The number of hydrogen-bond donors (Lipinski definition) is 0. The Morgan fingerprint density at radius 3 is 2.45 bits per heavy atom. The van der Waals surface area contributed by atoms with Crippen molar-refractivity contribution in [3.05, 3.63) is 12.2 Å². The molecule has 0 aliphatic carbocycles. The molecule has 0 saturated heterocycles. The second kappa shape index (κ2) is 8.31. The predicted molar refractivity (Wildman–Crippen MR) is 46.4 cm³/mol. The van der Waals surface area contributed by atoms with Crippen LogP contribution in [-0.4, -0.2) is 42.1 Å². The summed E-state index contributed by atoms with van der Waals surface area (Å²) in [7, 11) is 0. The molecule has 3 heteroatoms. The second-order valence-corrected chi connectivity index (χ2v) is 2.27. The van der Waals surface area contributed by atoms with Crippen molar-refractivity contribution >= 4 is 35.5 Å². The molecule has 0 fully saturated rings. The molecule has 1 radical (unpaired) electrons. The van der Waals surface area contributed by atoms with Crippen LogP contribution in [0.15, 0.2) is 12.2 Å². The molecule has 0 heterocycles. The van der Waals surface area contributed by atoms with Crippen molar-refractivity contribution in [2.24, 2.45) is 0 Å². The van der Waals surface area contributed by atoms with E-state index in [0.717, 1.165) is 12.8 Å². The third kappa shape index (κ3) is 8.11. The molecule has 0 aromatic heterocycles. The van der Waals surface area contributed by atoms with Gasteiger partial charge in [0.1, 0.15) is 0 Å². The zero-order chi connectivity index (χ0) is 7.98. The van der Waals surface area contributed by atoms with Gasteiger partial charge in [-0.2, -0.15) is 0 Å². The summed E-state index contributed by atoms with van der Waals surface area (Å²) in [6.07, 6.45) is 1.97. The molecule has 0 aliphatic rings. The Morgan fingerprint density at radius 1 is 1.55 bits per heavy atom. The van der Waals surface area contributed by atoms with E-state index in [-0.39, 0.29) is 35.5 Å². The van der Waals surface area contributed by atoms with E-state index in [1.54, 1.807) is 6.92 Å². The van der Waals surface area contributed by atoms with E-state index in [2.05, 4.69) is 13.5 Å². The van der Waals surface area contributed by atoms with Crippen molar-refractivity contribution in [3.63, 3.8) is 0 Å². The Morgan fingerprint density at radius 2 is 2.09 bits per heavy atom. The fourth-order valence-corrected chi connectivity index (χ4v) is 0.432. The number of unbranched alkanes of at least 4 members (excludes halogenated alkanes) is 1. The maximum absolute atomic E-state index is 10.7. The van der Waals surface area contributed by atoms with Crippen LogP contribution in [0.2, 0.25) is 0 Å². The molecule has 0 rings (SSSR count). The van der Waals surface area contributed by atoms with Crippen LogP contribution in [-0.2, 0) is 9.53 Å². The minimum Gasteiger partial charge on any atom is -0.462 e. The first-order valence-electron chi connectivity index (χ1n) is 3.51. The molecule has 0 aliphatic heterocycles. The molecule has 0 bridgehead atoms. The summed E-state index contributed by atoms with van der Waals surface area (Å²) in [4.78, 5) is 10.7. The summed E-state index contributed by atoms with van der Waals surface area (Å²) in [6, 6.07) is 0. The normalized spacial score (nSPS) is 8.18. The van der Waals surface area contributed by atoms with E-state index in [1.807, 2.05) is 0 Å². The minimum atomic E-state index is -0.284. The molecular weight excluding hydrogens is 151 g/mol. The quantitative estimate of drug-likeness (QED) is 0.273. The van der Waals surface area contributed by atoms with E-state index < -0.39 is 0 Å². The van der Waals surface area contributed by atoms with Crippen LogP contribution in [0.4, 0.5) is 0 Å². The molecular formula is C8H14NaO2. The third-order valence-corrected chi connectivity index (χ3v) is 1.08. The van der Waals surface area contributed by atoms with Crippen LogP contribution >= 0.6 is 0 Å². The van der Waals surface area contributed by atoms with Crippen LogP contribution in [0, 0.1) is 0 Å². The van der Waals surface area contributed by atoms with Gasteiger partial charge in [0.15, 0.2) is 0 Å². The molecule has 2 nitrogen and oxygen atoms in total. The van der Waals surface area contributed by atoms with Gasteiger partial charge in [-0.3, -0.25) is 0 Å². The van der Waals surface area contributed by atoms with Crippen molar-refractivity contribution in [2.45, 2.75) is 26.7 Å². The Labute approximate surface area is 90.3 Å². The van der Waals surface area contributed by atoms with E-state index in [4.69, 9.17) is 4.74 Å². The number of carbonyl (C=O) groups excluding carboxylic acids is 1. The van der Waals surface area contributed by atoms with Gasteiger partial charge in [0, 0.05) is 35.1 Å². The molecule has 0 spiro atoms. The van der Waals surface area contributed by atoms with Gasteiger partial charge in [-0.1, -0.05) is 19.9 Å². The van der Waals surface area contributed by atoms with Crippen molar-refractivity contribution in [1.29, 1.82) is 0 Å². The van der Waals surface area contributed by atoms with Gasteiger partial charge in [-0.15, -0.1) is 0 Å². The third-order valence-electron chi connectivity index (χ3n) is 1.08. The predicted octanol–water partition coefficient (Wildman–Crippen LogP) is 1.52. The molecule has 0 amide bonds. The van der Waals surface area contributed by atoms with Gasteiger partial charge in [-0.05, 0) is 13.3 Å². The maximum Gasteiger partial charge on any atom is 0.333 e. The van der Waals surface area contributed by atoms with E-state index in [0.29, 0.717) is 12.2 Å². The first-order chi connectivity index (χ1) is 4.68. The van der Waals surface area contributed by atoms with Crippen molar-refractivity contribution in [3.8, 4) is 0 Å². The average Bonchev–Trinajstić information content (AvgIpc) is 1.88. The summed E-state index contributed by atoms with van der Waals surface area (Å²) >= 11 is 0. The molecule has 59 valence electrons. The Bertz CT molecular complexity index is 132. The summed E-state index contributed by atoms with van der Waals surface area (Å²) in [5.74, 6) is -0.284.